The number of carbonyl (C=O) groups excluding carboxylic acids is 2. The highest BCUT2D eigenvalue weighted by Crippen LogP contribution is 2.27. The summed E-state index contributed by atoms with van der Waals surface area (Å²) in [6.07, 6.45) is 1.51. The first-order chi connectivity index (χ1) is 11.4. The summed E-state index contributed by atoms with van der Waals surface area (Å²) in [5.41, 5.74) is 0. The van der Waals surface area contributed by atoms with Gasteiger partial charge in [-0.2, -0.15) is 0 Å². The van der Waals surface area contributed by atoms with Crippen LogP contribution in [0.3, 0.4) is 0 Å². The summed E-state index contributed by atoms with van der Waals surface area (Å²) in [6.45, 7) is 4.89. The van der Waals surface area contributed by atoms with E-state index in [1.54, 1.807) is 23.1 Å². The number of rotatable bonds is 5. The number of benzene rings is 1. The fourth-order valence-corrected chi connectivity index (χ4v) is 2.93. The second-order valence-electron chi connectivity index (χ2n) is 6.18. The van der Waals surface area contributed by atoms with Gasteiger partial charge in [0.15, 0.2) is 6.61 Å². The highest BCUT2D eigenvalue weighted by Gasteiger charge is 2.24. The van der Waals surface area contributed by atoms with E-state index in [1.807, 2.05) is 13.8 Å². The summed E-state index contributed by atoms with van der Waals surface area (Å²) >= 11 is 11.8. The molecule has 0 aliphatic carbocycles. The standard InChI is InChI=1S/C17H22Cl2N2O3/c1-11(2)17(23)20-13-5-7-21(8-6-13)16(22)10-24-15-4-3-12(18)9-14(15)19/h3-4,9,11,13H,5-8,10H2,1-2H3,(H,20,23). The van der Waals surface area contributed by atoms with E-state index >= 15 is 0 Å². The monoisotopic (exact) mass is 372 g/mol. The van der Waals surface area contributed by atoms with Gasteiger partial charge in [0.25, 0.3) is 5.91 Å². The van der Waals surface area contributed by atoms with Crippen molar-refractivity contribution in [1.29, 1.82) is 0 Å². The summed E-state index contributed by atoms with van der Waals surface area (Å²) in [6, 6.07) is 5.02. The average molecular weight is 373 g/mol. The Labute approximate surface area is 152 Å². The molecule has 5 nitrogen and oxygen atoms in total. The number of likely N-dealkylation sites (tertiary alicyclic amines) is 1. The Hall–Kier alpha value is -1.46. The Balaban J connectivity index is 1.77. The average Bonchev–Trinajstić information content (AvgIpc) is 2.54. The lowest BCUT2D eigenvalue weighted by atomic mass is 10.0. The van der Waals surface area contributed by atoms with Crippen LogP contribution in [-0.2, 0) is 9.59 Å². The lowest BCUT2D eigenvalue weighted by Gasteiger charge is -2.32. The van der Waals surface area contributed by atoms with Crippen LogP contribution in [-0.4, -0.2) is 42.5 Å². The number of hydrogen-bond donors (Lipinski definition) is 1. The Morgan fingerprint density at radius 2 is 1.96 bits per heavy atom. The Morgan fingerprint density at radius 3 is 2.54 bits per heavy atom. The number of nitrogens with one attached hydrogen (secondary N) is 1. The molecule has 0 spiro atoms. The van der Waals surface area contributed by atoms with Gasteiger partial charge in [0.2, 0.25) is 5.91 Å². The first-order valence-electron chi connectivity index (χ1n) is 8.03. The molecule has 1 heterocycles. The molecule has 0 bridgehead atoms. The quantitative estimate of drug-likeness (QED) is 0.863. The highest BCUT2D eigenvalue weighted by molar-refractivity contribution is 6.35. The van der Waals surface area contributed by atoms with Crippen molar-refractivity contribution in [2.45, 2.75) is 32.7 Å². The number of piperidine rings is 1. The summed E-state index contributed by atoms with van der Waals surface area (Å²) in [4.78, 5) is 25.7. The Kier molecular flexibility index (Phi) is 6.75. The fraction of sp³-hybridized carbons (Fsp3) is 0.529. The SMILES string of the molecule is CC(C)C(=O)NC1CCN(C(=O)COc2ccc(Cl)cc2Cl)CC1. The van der Waals surface area contributed by atoms with Crippen LogP contribution in [0.5, 0.6) is 5.75 Å². The van der Waals surface area contributed by atoms with Crippen molar-refractivity contribution in [3.05, 3.63) is 28.2 Å². The van der Waals surface area contributed by atoms with Gasteiger partial charge in [0.05, 0.1) is 5.02 Å². The molecular weight excluding hydrogens is 351 g/mol. The van der Waals surface area contributed by atoms with Gasteiger partial charge in [0.1, 0.15) is 5.75 Å². The third kappa shape index (κ3) is 5.28. The molecule has 1 aromatic rings. The third-order valence-corrected chi connectivity index (χ3v) is 4.49. The molecule has 1 aliphatic heterocycles. The molecular formula is C17H22Cl2N2O3. The molecule has 1 aliphatic rings. The molecule has 2 rings (SSSR count). The van der Waals surface area contributed by atoms with Crippen LogP contribution in [0.25, 0.3) is 0 Å². The number of carbonyl (C=O) groups is 2. The second-order valence-corrected chi connectivity index (χ2v) is 7.03. The predicted molar refractivity (Wildman–Crippen MR) is 94.5 cm³/mol. The van der Waals surface area contributed by atoms with Crippen LogP contribution in [0.1, 0.15) is 26.7 Å². The fourth-order valence-electron chi connectivity index (χ4n) is 2.46. The van der Waals surface area contributed by atoms with Crippen LogP contribution >= 0.6 is 23.2 Å². The van der Waals surface area contributed by atoms with Crippen LogP contribution in [0, 0.1) is 5.92 Å². The molecule has 0 atom stereocenters. The van der Waals surface area contributed by atoms with E-state index in [2.05, 4.69) is 5.32 Å². The summed E-state index contributed by atoms with van der Waals surface area (Å²) < 4.78 is 5.48. The van der Waals surface area contributed by atoms with Gasteiger partial charge < -0.3 is 15.0 Å². The van der Waals surface area contributed by atoms with Crippen molar-refractivity contribution in [3.63, 3.8) is 0 Å². The maximum atomic E-state index is 12.2. The molecule has 1 aromatic carbocycles. The molecule has 0 aromatic heterocycles. The molecule has 0 unspecified atom stereocenters. The molecule has 1 N–H and O–H groups in total. The van der Waals surface area contributed by atoms with E-state index in [0.717, 1.165) is 12.8 Å². The Morgan fingerprint density at radius 1 is 1.29 bits per heavy atom. The highest BCUT2D eigenvalue weighted by atomic mass is 35.5. The number of halogens is 2. The van der Waals surface area contributed by atoms with E-state index in [1.165, 1.54) is 0 Å². The van der Waals surface area contributed by atoms with E-state index in [9.17, 15) is 9.59 Å². The molecule has 1 fully saturated rings. The van der Waals surface area contributed by atoms with Gasteiger partial charge in [-0.25, -0.2) is 0 Å². The van der Waals surface area contributed by atoms with Gasteiger partial charge in [-0.15, -0.1) is 0 Å². The van der Waals surface area contributed by atoms with Crippen LogP contribution in [0.15, 0.2) is 18.2 Å². The summed E-state index contributed by atoms with van der Waals surface area (Å²) in [7, 11) is 0. The second kappa shape index (κ2) is 8.58. The van der Waals surface area contributed by atoms with E-state index < -0.39 is 0 Å². The molecule has 1 saturated heterocycles. The van der Waals surface area contributed by atoms with Gasteiger partial charge in [-0.3, -0.25) is 9.59 Å². The number of amides is 2. The van der Waals surface area contributed by atoms with Crippen molar-refractivity contribution < 1.29 is 14.3 Å². The predicted octanol–water partition coefficient (Wildman–Crippen LogP) is 3.14. The minimum Gasteiger partial charge on any atom is -0.482 e. The van der Waals surface area contributed by atoms with Gasteiger partial charge in [-0.1, -0.05) is 37.0 Å². The number of ether oxygens (including phenoxy) is 1. The van der Waals surface area contributed by atoms with Crippen LogP contribution in [0.2, 0.25) is 10.0 Å². The van der Waals surface area contributed by atoms with Crippen LogP contribution in [0.4, 0.5) is 0 Å². The summed E-state index contributed by atoms with van der Waals surface area (Å²) in [5, 5.41) is 3.91. The first kappa shape index (κ1) is 18.9. The topological polar surface area (TPSA) is 58.6 Å². The lowest BCUT2D eigenvalue weighted by molar-refractivity contribution is -0.134. The minimum atomic E-state index is -0.0883. The number of hydrogen-bond acceptors (Lipinski definition) is 3. The van der Waals surface area contributed by atoms with Crippen molar-refractivity contribution in [3.8, 4) is 5.75 Å². The zero-order chi connectivity index (χ0) is 17.7. The van der Waals surface area contributed by atoms with Gasteiger partial charge in [-0.05, 0) is 31.0 Å². The molecule has 2 amide bonds. The van der Waals surface area contributed by atoms with Gasteiger partial charge >= 0.3 is 0 Å². The smallest absolute Gasteiger partial charge is 0.260 e. The van der Waals surface area contributed by atoms with Crippen molar-refractivity contribution in [2.75, 3.05) is 19.7 Å². The largest absolute Gasteiger partial charge is 0.482 e. The normalized spacial score (nSPS) is 15.5. The molecule has 132 valence electrons. The van der Waals surface area contributed by atoms with Crippen LogP contribution < -0.4 is 10.1 Å². The van der Waals surface area contributed by atoms with E-state index in [0.29, 0.717) is 28.9 Å². The van der Waals surface area contributed by atoms with Crippen molar-refractivity contribution >= 4 is 35.0 Å². The summed E-state index contributed by atoms with van der Waals surface area (Å²) in [5.74, 6) is 0.380. The van der Waals surface area contributed by atoms with Crippen molar-refractivity contribution in [1.82, 2.24) is 10.2 Å². The third-order valence-electron chi connectivity index (χ3n) is 3.96. The maximum absolute atomic E-state index is 12.2. The number of nitrogens with zero attached hydrogens (tertiary/aromatic N) is 1. The van der Waals surface area contributed by atoms with E-state index in [4.69, 9.17) is 27.9 Å². The zero-order valence-electron chi connectivity index (χ0n) is 13.9. The zero-order valence-corrected chi connectivity index (χ0v) is 15.4. The van der Waals surface area contributed by atoms with E-state index in [-0.39, 0.29) is 30.4 Å². The maximum Gasteiger partial charge on any atom is 0.260 e. The molecule has 7 heteroatoms. The first-order valence-corrected chi connectivity index (χ1v) is 8.78. The lowest BCUT2D eigenvalue weighted by Crippen LogP contribution is -2.48. The Bertz CT molecular complexity index is 599. The van der Waals surface area contributed by atoms with Gasteiger partial charge in [0, 0.05) is 30.1 Å². The minimum absolute atomic E-state index is 0.0258. The molecule has 0 radical (unpaired) electrons. The molecule has 24 heavy (non-hydrogen) atoms. The molecule has 0 saturated carbocycles. The van der Waals surface area contributed by atoms with Crippen molar-refractivity contribution in [2.24, 2.45) is 5.92 Å².